The number of aliphatic hydroxyl groups excluding tert-OH is 1. The smallest absolute Gasteiger partial charge is 0.237 e. The zero-order valence-corrected chi connectivity index (χ0v) is 12.9. The molecular formula is C14H27N3O4. The van der Waals surface area contributed by atoms with Crippen LogP contribution in [0.2, 0.25) is 0 Å². The van der Waals surface area contributed by atoms with E-state index < -0.39 is 5.41 Å². The Balaban J connectivity index is 3.11. The lowest BCUT2D eigenvalue weighted by atomic mass is 9.77. The van der Waals surface area contributed by atoms with Gasteiger partial charge in [0.2, 0.25) is 5.91 Å². The number of carbonyl (C=O) groups excluding carboxylic acids is 1. The fourth-order valence-corrected chi connectivity index (χ4v) is 2.96. The van der Waals surface area contributed by atoms with E-state index in [2.05, 4.69) is 5.16 Å². The molecule has 21 heavy (non-hydrogen) atoms. The van der Waals surface area contributed by atoms with Crippen LogP contribution in [-0.4, -0.2) is 59.4 Å². The van der Waals surface area contributed by atoms with Gasteiger partial charge < -0.3 is 25.7 Å². The fourth-order valence-electron chi connectivity index (χ4n) is 2.96. The number of carbonyl (C=O) groups is 1. The molecule has 0 bridgehead atoms. The van der Waals surface area contributed by atoms with Gasteiger partial charge in [-0.1, -0.05) is 19.0 Å². The van der Waals surface area contributed by atoms with Crippen LogP contribution >= 0.6 is 0 Å². The number of aliphatic hydroxyl groups is 1. The van der Waals surface area contributed by atoms with Crippen molar-refractivity contribution in [3.63, 3.8) is 0 Å². The van der Waals surface area contributed by atoms with Crippen molar-refractivity contribution in [3.05, 3.63) is 0 Å². The molecule has 1 saturated heterocycles. The summed E-state index contributed by atoms with van der Waals surface area (Å²) in [5.41, 5.74) is 4.81. The van der Waals surface area contributed by atoms with E-state index >= 15 is 0 Å². The van der Waals surface area contributed by atoms with Crippen LogP contribution in [-0.2, 0) is 9.53 Å². The van der Waals surface area contributed by atoms with Crippen molar-refractivity contribution in [2.45, 2.75) is 45.6 Å². The maximum atomic E-state index is 13.1. The lowest BCUT2D eigenvalue weighted by Crippen LogP contribution is -2.56. The summed E-state index contributed by atoms with van der Waals surface area (Å²) >= 11 is 0. The van der Waals surface area contributed by atoms with Gasteiger partial charge in [0.05, 0.1) is 6.61 Å². The second-order valence-electron chi connectivity index (χ2n) is 5.37. The number of oxime groups is 1. The van der Waals surface area contributed by atoms with Crippen LogP contribution in [0.1, 0.15) is 39.5 Å². The Morgan fingerprint density at radius 2 is 1.95 bits per heavy atom. The number of hydrogen-bond donors (Lipinski definition) is 3. The molecule has 7 heteroatoms. The molecule has 7 nitrogen and oxygen atoms in total. The fraction of sp³-hybridized carbons (Fsp3) is 0.857. The number of amidine groups is 1. The summed E-state index contributed by atoms with van der Waals surface area (Å²) in [6, 6.07) is 0.0378. The molecule has 122 valence electrons. The van der Waals surface area contributed by atoms with Crippen molar-refractivity contribution < 1.29 is 19.8 Å². The highest BCUT2D eigenvalue weighted by Gasteiger charge is 2.47. The van der Waals surface area contributed by atoms with Crippen LogP contribution < -0.4 is 5.73 Å². The predicted molar refractivity (Wildman–Crippen MR) is 79.1 cm³/mol. The summed E-state index contributed by atoms with van der Waals surface area (Å²) in [6.45, 7) is 4.96. The standard InChI is InChI=1S/C14H27N3O4/c1-3-11(4-2)17(7-8-18)13(19)14(12(15)16-20)5-9-21-10-6-14/h11,18,20H,3-10H2,1-2H3,(H2,15,16). The molecule has 0 aliphatic carbocycles. The monoisotopic (exact) mass is 301 g/mol. The molecule has 4 N–H and O–H groups in total. The average molecular weight is 301 g/mol. The van der Waals surface area contributed by atoms with Crippen LogP contribution in [0.15, 0.2) is 5.16 Å². The van der Waals surface area contributed by atoms with Crippen LogP contribution in [0.4, 0.5) is 0 Å². The summed E-state index contributed by atoms with van der Waals surface area (Å²) in [5.74, 6) is -0.242. The molecule has 1 heterocycles. The minimum Gasteiger partial charge on any atom is -0.409 e. The third-order valence-corrected chi connectivity index (χ3v) is 4.34. The molecule has 0 aromatic rings. The molecule has 1 aliphatic heterocycles. The number of nitrogens with zero attached hydrogens (tertiary/aromatic N) is 2. The van der Waals surface area contributed by atoms with Crippen LogP contribution in [0.3, 0.4) is 0 Å². The molecule has 1 fully saturated rings. The van der Waals surface area contributed by atoms with Gasteiger partial charge in [-0.25, -0.2) is 0 Å². The van der Waals surface area contributed by atoms with Crippen LogP contribution in [0.5, 0.6) is 0 Å². The summed E-state index contributed by atoms with van der Waals surface area (Å²) in [4.78, 5) is 14.7. The van der Waals surface area contributed by atoms with E-state index in [-0.39, 0.29) is 30.9 Å². The van der Waals surface area contributed by atoms with Crippen LogP contribution in [0.25, 0.3) is 0 Å². The van der Waals surface area contributed by atoms with Crippen LogP contribution in [0, 0.1) is 5.41 Å². The van der Waals surface area contributed by atoms with Gasteiger partial charge in [-0.05, 0) is 25.7 Å². The van der Waals surface area contributed by atoms with Crippen molar-refractivity contribution in [2.24, 2.45) is 16.3 Å². The second kappa shape index (κ2) is 8.19. The normalized spacial score (nSPS) is 18.8. The Labute approximate surface area is 125 Å². The number of rotatable bonds is 7. The molecular weight excluding hydrogens is 274 g/mol. The lowest BCUT2D eigenvalue weighted by molar-refractivity contribution is -0.146. The largest absolute Gasteiger partial charge is 0.409 e. The van der Waals surface area contributed by atoms with Gasteiger partial charge in [0.15, 0.2) is 5.84 Å². The summed E-state index contributed by atoms with van der Waals surface area (Å²) in [5, 5.41) is 21.4. The first-order valence-electron chi connectivity index (χ1n) is 7.55. The quantitative estimate of drug-likeness (QED) is 0.275. The van der Waals surface area contributed by atoms with Crippen molar-refractivity contribution >= 4 is 11.7 Å². The van der Waals surface area contributed by atoms with Crippen molar-refractivity contribution in [3.8, 4) is 0 Å². The van der Waals surface area contributed by atoms with Gasteiger partial charge in [0.25, 0.3) is 0 Å². The van der Waals surface area contributed by atoms with Crippen molar-refractivity contribution in [1.82, 2.24) is 4.90 Å². The van der Waals surface area contributed by atoms with E-state index in [0.717, 1.165) is 12.8 Å². The Bertz CT molecular complexity index is 363. The maximum absolute atomic E-state index is 13.1. The topological polar surface area (TPSA) is 108 Å². The van der Waals surface area contributed by atoms with Gasteiger partial charge in [-0.15, -0.1) is 0 Å². The van der Waals surface area contributed by atoms with Crippen molar-refractivity contribution in [2.75, 3.05) is 26.4 Å². The summed E-state index contributed by atoms with van der Waals surface area (Å²) < 4.78 is 5.31. The Hall–Kier alpha value is -1.34. The van der Waals surface area contributed by atoms with Gasteiger partial charge in [-0.3, -0.25) is 4.79 Å². The first-order chi connectivity index (χ1) is 10.1. The highest BCUT2D eigenvalue weighted by molar-refractivity contribution is 6.07. The summed E-state index contributed by atoms with van der Waals surface area (Å²) in [7, 11) is 0. The Kier molecular flexibility index (Phi) is 6.91. The maximum Gasteiger partial charge on any atom is 0.237 e. The van der Waals surface area contributed by atoms with E-state index in [0.29, 0.717) is 26.1 Å². The minimum atomic E-state index is -1.02. The minimum absolute atomic E-state index is 0.0378. The number of ether oxygens (including phenoxy) is 1. The first kappa shape index (κ1) is 17.7. The zero-order chi connectivity index (χ0) is 15.9. The highest BCUT2D eigenvalue weighted by atomic mass is 16.5. The molecule has 0 atom stereocenters. The third-order valence-electron chi connectivity index (χ3n) is 4.34. The molecule has 0 radical (unpaired) electrons. The van der Waals surface area contributed by atoms with E-state index in [1.54, 1.807) is 4.90 Å². The van der Waals surface area contributed by atoms with E-state index in [1.165, 1.54) is 0 Å². The zero-order valence-electron chi connectivity index (χ0n) is 12.9. The van der Waals surface area contributed by atoms with E-state index in [1.807, 2.05) is 13.8 Å². The second-order valence-corrected chi connectivity index (χ2v) is 5.37. The number of nitrogens with two attached hydrogens (primary N) is 1. The Morgan fingerprint density at radius 3 is 2.38 bits per heavy atom. The van der Waals surface area contributed by atoms with Gasteiger partial charge in [0.1, 0.15) is 5.41 Å². The van der Waals surface area contributed by atoms with Gasteiger partial charge >= 0.3 is 0 Å². The first-order valence-corrected chi connectivity index (χ1v) is 7.55. The molecule has 0 saturated carbocycles. The van der Waals surface area contributed by atoms with Gasteiger partial charge in [0, 0.05) is 25.8 Å². The van der Waals surface area contributed by atoms with E-state index in [9.17, 15) is 9.90 Å². The lowest BCUT2D eigenvalue weighted by Gasteiger charge is -2.41. The number of hydrogen-bond acceptors (Lipinski definition) is 5. The van der Waals surface area contributed by atoms with Gasteiger partial charge in [-0.2, -0.15) is 0 Å². The summed E-state index contributed by atoms with van der Waals surface area (Å²) in [6.07, 6.45) is 2.38. The molecule has 0 aromatic heterocycles. The Morgan fingerprint density at radius 1 is 1.38 bits per heavy atom. The molecule has 0 aromatic carbocycles. The SMILES string of the molecule is CCC(CC)N(CCO)C(=O)C1(C(N)=NO)CCOCC1. The predicted octanol–water partition coefficient (Wildman–Crippen LogP) is 0.539. The molecule has 0 unspecified atom stereocenters. The highest BCUT2D eigenvalue weighted by Crippen LogP contribution is 2.34. The molecule has 1 aliphatic rings. The number of amides is 1. The third kappa shape index (κ3) is 3.65. The van der Waals surface area contributed by atoms with E-state index in [4.69, 9.17) is 15.7 Å². The molecule has 1 rings (SSSR count). The average Bonchev–Trinajstić information content (AvgIpc) is 2.54. The molecule has 1 amide bonds. The van der Waals surface area contributed by atoms with Crippen molar-refractivity contribution in [1.29, 1.82) is 0 Å². The molecule has 0 spiro atoms.